The van der Waals surface area contributed by atoms with E-state index in [4.69, 9.17) is 9.47 Å². The summed E-state index contributed by atoms with van der Waals surface area (Å²) < 4.78 is 11.2. The zero-order valence-electron chi connectivity index (χ0n) is 18.3. The van der Waals surface area contributed by atoms with E-state index in [1.807, 2.05) is 25.1 Å². The van der Waals surface area contributed by atoms with Gasteiger partial charge in [-0.15, -0.1) is 0 Å². The fourth-order valence-corrected chi connectivity index (χ4v) is 3.45. The van der Waals surface area contributed by atoms with Crippen LogP contribution in [0.15, 0.2) is 54.6 Å². The van der Waals surface area contributed by atoms with E-state index in [0.29, 0.717) is 56.3 Å². The maximum absolute atomic E-state index is 12.6. The Kier molecular flexibility index (Phi) is 8.48. The summed E-state index contributed by atoms with van der Waals surface area (Å²) in [6.07, 6.45) is 0.666. The molecule has 2 aromatic rings. The molecule has 0 bridgehead atoms. The first-order chi connectivity index (χ1) is 15.6. The van der Waals surface area contributed by atoms with Crippen molar-refractivity contribution in [3.05, 3.63) is 60.2 Å². The molecular weight excluding hydrogens is 410 g/mol. The van der Waals surface area contributed by atoms with Gasteiger partial charge in [-0.2, -0.15) is 0 Å². The second kappa shape index (κ2) is 11.7. The van der Waals surface area contributed by atoms with E-state index in [0.717, 1.165) is 0 Å². The Balaban J connectivity index is 1.45. The summed E-state index contributed by atoms with van der Waals surface area (Å²) in [4.78, 5) is 40.7. The number of rotatable bonds is 8. The van der Waals surface area contributed by atoms with Gasteiger partial charge in [-0.1, -0.05) is 30.3 Å². The number of para-hydroxylation sites is 2. The first-order valence-electron chi connectivity index (χ1n) is 10.8. The summed E-state index contributed by atoms with van der Waals surface area (Å²) in [5.74, 6) is 0.556. The Bertz CT molecular complexity index is 919. The number of carbonyl (C=O) groups excluding carboxylic acids is 3. The van der Waals surface area contributed by atoms with Crippen LogP contribution in [-0.4, -0.2) is 73.5 Å². The summed E-state index contributed by atoms with van der Waals surface area (Å²) in [6, 6.07) is 16.0. The molecule has 0 unspecified atom stereocenters. The van der Waals surface area contributed by atoms with Crippen molar-refractivity contribution in [2.45, 2.75) is 13.3 Å². The number of hydrogen-bond donors (Lipinski definition) is 1. The summed E-state index contributed by atoms with van der Waals surface area (Å²) >= 11 is 0. The van der Waals surface area contributed by atoms with E-state index in [1.165, 1.54) is 0 Å². The minimum atomic E-state index is -0.282. The lowest BCUT2D eigenvalue weighted by Gasteiger charge is -2.22. The summed E-state index contributed by atoms with van der Waals surface area (Å²) in [6.45, 7) is 4.17. The lowest BCUT2D eigenvalue weighted by atomic mass is 10.2. The van der Waals surface area contributed by atoms with Crippen LogP contribution >= 0.6 is 0 Å². The topological polar surface area (TPSA) is 88.2 Å². The average molecular weight is 440 g/mol. The molecule has 0 spiro atoms. The van der Waals surface area contributed by atoms with E-state index in [1.54, 1.807) is 46.2 Å². The molecule has 1 aliphatic rings. The highest BCUT2D eigenvalue weighted by atomic mass is 16.5. The second-order valence-corrected chi connectivity index (χ2v) is 7.33. The Morgan fingerprint density at radius 3 is 2.06 bits per heavy atom. The molecule has 8 heteroatoms. The predicted octanol–water partition coefficient (Wildman–Crippen LogP) is 1.95. The molecule has 0 radical (unpaired) electrons. The van der Waals surface area contributed by atoms with Crippen molar-refractivity contribution < 1.29 is 23.9 Å². The van der Waals surface area contributed by atoms with Crippen LogP contribution in [0.25, 0.3) is 0 Å². The van der Waals surface area contributed by atoms with E-state index in [2.05, 4.69) is 5.32 Å². The van der Waals surface area contributed by atoms with Crippen LogP contribution in [0.4, 0.5) is 0 Å². The van der Waals surface area contributed by atoms with Gasteiger partial charge in [-0.25, -0.2) is 0 Å². The van der Waals surface area contributed by atoms with Gasteiger partial charge in [-0.05, 0) is 37.6 Å². The number of benzene rings is 2. The van der Waals surface area contributed by atoms with Crippen molar-refractivity contribution in [1.29, 1.82) is 0 Å². The molecule has 170 valence electrons. The van der Waals surface area contributed by atoms with E-state index >= 15 is 0 Å². The van der Waals surface area contributed by atoms with Gasteiger partial charge in [0.15, 0.2) is 18.1 Å². The number of ether oxygens (including phenoxy) is 2. The normalized spacial score (nSPS) is 13.8. The lowest BCUT2D eigenvalue weighted by molar-refractivity contribution is -0.134. The maximum atomic E-state index is 12.6. The van der Waals surface area contributed by atoms with Gasteiger partial charge in [0.1, 0.15) is 0 Å². The lowest BCUT2D eigenvalue weighted by Crippen LogP contribution is -2.43. The van der Waals surface area contributed by atoms with Crippen molar-refractivity contribution in [3.63, 3.8) is 0 Å². The third-order valence-corrected chi connectivity index (χ3v) is 5.14. The predicted molar refractivity (Wildman–Crippen MR) is 120 cm³/mol. The van der Waals surface area contributed by atoms with Gasteiger partial charge in [0.25, 0.3) is 11.8 Å². The number of carbonyl (C=O) groups is 3. The molecule has 3 amide bonds. The molecule has 0 saturated carbocycles. The van der Waals surface area contributed by atoms with Crippen LogP contribution < -0.4 is 14.8 Å². The number of nitrogens with zero attached hydrogens (tertiary/aromatic N) is 2. The van der Waals surface area contributed by atoms with E-state index in [-0.39, 0.29) is 30.9 Å². The van der Waals surface area contributed by atoms with Gasteiger partial charge in [0.2, 0.25) is 5.91 Å². The van der Waals surface area contributed by atoms with Crippen molar-refractivity contribution in [2.24, 2.45) is 0 Å². The molecule has 32 heavy (non-hydrogen) atoms. The van der Waals surface area contributed by atoms with E-state index in [9.17, 15) is 14.4 Å². The Morgan fingerprint density at radius 2 is 1.41 bits per heavy atom. The molecule has 1 heterocycles. The highest BCUT2D eigenvalue weighted by Crippen LogP contribution is 2.26. The fourth-order valence-electron chi connectivity index (χ4n) is 3.45. The second-order valence-electron chi connectivity index (χ2n) is 7.33. The Hall–Kier alpha value is -3.55. The third-order valence-electron chi connectivity index (χ3n) is 5.14. The summed E-state index contributed by atoms with van der Waals surface area (Å²) in [5.41, 5.74) is 0.513. The highest BCUT2D eigenvalue weighted by Gasteiger charge is 2.23. The van der Waals surface area contributed by atoms with Gasteiger partial charge in [-0.3, -0.25) is 14.4 Å². The number of amides is 3. The smallest absolute Gasteiger partial charge is 0.260 e. The molecule has 0 aliphatic carbocycles. The van der Waals surface area contributed by atoms with Crippen molar-refractivity contribution in [3.8, 4) is 11.5 Å². The Morgan fingerprint density at radius 1 is 0.812 bits per heavy atom. The van der Waals surface area contributed by atoms with Crippen LogP contribution in [0.3, 0.4) is 0 Å². The molecule has 1 saturated heterocycles. The highest BCUT2D eigenvalue weighted by molar-refractivity contribution is 5.96. The van der Waals surface area contributed by atoms with Crippen LogP contribution in [-0.2, 0) is 9.59 Å². The minimum Gasteiger partial charge on any atom is -0.490 e. The molecule has 2 aromatic carbocycles. The first kappa shape index (κ1) is 23.1. The van der Waals surface area contributed by atoms with Crippen LogP contribution in [0.1, 0.15) is 23.7 Å². The van der Waals surface area contributed by atoms with Gasteiger partial charge >= 0.3 is 0 Å². The molecule has 3 rings (SSSR count). The van der Waals surface area contributed by atoms with E-state index < -0.39 is 0 Å². The van der Waals surface area contributed by atoms with Crippen molar-refractivity contribution in [1.82, 2.24) is 15.1 Å². The number of hydrogen-bond acceptors (Lipinski definition) is 5. The first-order valence-corrected chi connectivity index (χ1v) is 10.8. The molecule has 1 aliphatic heterocycles. The summed E-state index contributed by atoms with van der Waals surface area (Å²) in [5, 5.41) is 2.66. The Labute approximate surface area is 188 Å². The van der Waals surface area contributed by atoms with Crippen LogP contribution in [0.2, 0.25) is 0 Å². The standard InChI is InChI=1S/C24H29N3O5/c1-2-31-20-11-6-7-12-21(20)32-18-23(29)27-14-8-13-26(15-16-27)22(28)17-25-24(30)19-9-4-3-5-10-19/h3-7,9-12H,2,8,13-18H2,1H3,(H,25,30). The average Bonchev–Trinajstić information content (AvgIpc) is 3.09. The maximum Gasteiger partial charge on any atom is 0.260 e. The molecule has 1 fully saturated rings. The van der Waals surface area contributed by atoms with Crippen LogP contribution in [0.5, 0.6) is 11.5 Å². The molecular formula is C24H29N3O5. The third kappa shape index (κ3) is 6.47. The molecule has 8 nitrogen and oxygen atoms in total. The fraction of sp³-hybridized carbons (Fsp3) is 0.375. The van der Waals surface area contributed by atoms with Gasteiger partial charge in [0, 0.05) is 31.7 Å². The zero-order valence-corrected chi connectivity index (χ0v) is 18.3. The van der Waals surface area contributed by atoms with Crippen molar-refractivity contribution >= 4 is 17.7 Å². The zero-order chi connectivity index (χ0) is 22.8. The quantitative estimate of drug-likeness (QED) is 0.679. The monoisotopic (exact) mass is 439 g/mol. The molecule has 1 N–H and O–H groups in total. The van der Waals surface area contributed by atoms with Crippen LogP contribution in [0, 0.1) is 0 Å². The van der Waals surface area contributed by atoms with Gasteiger partial charge in [0.05, 0.1) is 13.2 Å². The largest absolute Gasteiger partial charge is 0.490 e. The number of nitrogens with one attached hydrogen (secondary N) is 1. The summed E-state index contributed by atoms with van der Waals surface area (Å²) in [7, 11) is 0. The van der Waals surface area contributed by atoms with Gasteiger partial charge < -0.3 is 24.6 Å². The SMILES string of the molecule is CCOc1ccccc1OCC(=O)N1CCCN(C(=O)CNC(=O)c2ccccc2)CC1. The molecule has 0 atom stereocenters. The van der Waals surface area contributed by atoms with Crippen molar-refractivity contribution in [2.75, 3.05) is 45.9 Å². The minimum absolute atomic E-state index is 0.0704. The molecule has 0 aromatic heterocycles.